The Balaban J connectivity index is 1.98. The van der Waals surface area contributed by atoms with Crippen LogP contribution in [0.1, 0.15) is 22.3 Å². The number of halogens is 2. The van der Waals surface area contributed by atoms with Crippen LogP contribution in [0.2, 0.25) is 10.0 Å². The molecule has 1 fully saturated rings. The minimum absolute atomic E-state index is 0.00919. The minimum Gasteiger partial charge on any atom is -0.330 e. The summed E-state index contributed by atoms with van der Waals surface area (Å²) in [6, 6.07) is 9.90. The number of non-ortho nitro benzene ring substituents is 1. The Morgan fingerprint density at radius 2 is 1.86 bits per heavy atom. The highest BCUT2D eigenvalue weighted by molar-refractivity contribution is 7.91. The van der Waals surface area contributed by atoms with Gasteiger partial charge in [-0.05, 0) is 30.2 Å². The standard InChI is InChI=1S/C18H16Cl2N2O5S/c19-13-3-1-12(2-4-13)10-21(15-7-8-28(26,27)11-15)18(23)16-9-14(22(24)25)5-6-17(16)20/h1-6,9,15H,7-8,10-11H2. The molecule has 0 aliphatic carbocycles. The number of sulfone groups is 1. The van der Waals surface area contributed by atoms with E-state index in [9.17, 15) is 23.3 Å². The Morgan fingerprint density at radius 1 is 1.18 bits per heavy atom. The zero-order valence-electron chi connectivity index (χ0n) is 14.5. The second kappa shape index (κ2) is 8.06. The first kappa shape index (κ1) is 20.6. The molecule has 1 saturated heterocycles. The predicted molar refractivity (Wildman–Crippen MR) is 106 cm³/mol. The van der Waals surface area contributed by atoms with E-state index in [0.29, 0.717) is 11.4 Å². The van der Waals surface area contributed by atoms with Crippen molar-refractivity contribution in [2.24, 2.45) is 0 Å². The van der Waals surface area contributed by atoms with Gasteiger partial charge in [-0.1, -0.05) is 35.3 Å². The van der Waals surface area contributed by atoms with Crippen LogP contribution in [0.3, 0.4) is 0 Å². The number of nitro benzene ring substituents is 1. The molecule has 0 spiro atoms. The van der Waals surface area contributed by atoms with Crippen LogP contribution in [-0.2, 0) is 16.4 Å². The van der Waals surface area contributed by atoms with Gasteiger partial charge in [0.2, 0.25) is 0 Å². The van der Waals surface area contributed by atoms with Gasteiger partial charge in [-0.25, -0.2) is 8.42 Å². The highest BCUT2D eigenvalue weighted by atomic mass is 35.5. The molecule has 1 aliphatic heterocycles. The summed E-state index contributed by atoms with van der Waals surface area (Å²) in [4.78, 5) is 25.1. The molecule has 2 aromatic rings. The Hall–Kier alpha value is -2.16. The normalized spacial score (nSPS) is 18.0. The lowest BCUT2D eigenvalue weighted by Crippen LogP contribution is -2.40. The van der Waals surface area contributed by atoms with Crippen molar-refractivity contribution < 1.29 is 18.1 Å². The minimum atomic E-state index is -3.24. The maximum atomic E-state index is 13.2. The van der Waals surface area contributed by atoms with Gasteiger partial charge in [-0.2, -0.15) is 0 Å². The Morgan fingerprint density at radius 3 is 2.43 bits per heavy atom. The molecule has 148 valence electrons. The molecule has 0 N–H and O–H groups in total. The molecule has 7 nitrogen and oxygen atoms in total. The first-order valence-electron chi connectivity index (χ1n) is 8.36. The number of amides is 1. The number of carbonyl (C=O) groups is 1. The molecule has 3 rings (SSSR count). The third-order valence-corrected chi connectivity index (χ3v) is 6.90. The van der Waals surface area contributed by atoms with Crippen LogP contribution in [0.25, 0.3) is 0 Å². The van der Waals surface area contributed by atoms with Crippen molar-refractivity contribution in [3.05, 3.63) is 73.8 Å². The average molecular weight is 443 g/mol. The predicted octanol–water partition coefficient (Wildman–Crippen LogP) is 3.73. The molecular weight excluding hydrogens is 427 g/mol. The molecule has 1 aliphatic rings. The maximum Gasteiger partial charge on any atom is 0.270 e. The number of benzene rings is 2. The summed E-state index contributed by atoms with van der Waals surface area (Å²) in [6.45, 7) is 0.134. The molecule has 1 atom stereocenters. The number of carbonyl (C=O) groups excluding carboxylic acids is 1. The van der Waals surface area contributed by atoms with Gasteiger partial charge < -0.3 is 4.90 Å². The second-order valence-corrected chi connectivity index (χ2v) is 9.61. The van der Waals surface area contributed by atoms with Gasteiger partial charge in [0.05, 0.1) is 27.0 Å². The fourth-order valence-corrected chi connectivity index (χ4v) is 5.17. The van der Waals surface area contributed by atoms with Crippen molar-refractivity contribution in [2.45, 2.75) is 19.0 Å². The van der Waals surface area contributed by atoms with Crippen molar-refractivity contribution in [1.29, 1.82) is 0 Å². The Labute approximate surface area is 171 Å². The highest BCUT2D eigenvalue weighted by Gasteiger charge is 2.36. The summed E-state index contributed by atoms with van der Waals surface area (Å²) < 4.78 is 23.9. The van der Waals surface area contributed by atoms with Gasteiger partial charge in [0, 0.05) is 29.7 Å². The molecule has 0 radical (unpaired) electrons. The van der Waals surface area contributed by atoms with E-state index < -0.39 is 26.7 Å². The van der Waals surface area contributed by atoms with Crippen molar-refractivity contribution in [1.82, 2.24) is 4.90 Å². The van der Waals surface area contributed by atoms with Crippen LogP contribution >= 0.6 is 23.2 Å². The van der Waals surface area contributed by atoms with Crippen LogP contribution in [0, 0.1) is 10.1 Å². The molecule has 28 heavy (non-hydrogen) atoms. The quantitative estimate of drug-likeness (QED) is 0.518. The number of nitro groups is 1. The van der Waals surface area contributed by atoms with Crippen LogP contribution in [-0.4, -0.2) is 41.7 Å². The van der Waals surface area contributed by atoms with Crippen LogP contribution in [0.5, 0.6) is 0 Å². The largest absolute Gasteiger partial charge is 0.330 e. The monoisotopic (exact) mass is 442 g/mol. The van der Waals surface area contributed by atoms with Gasteiger partial charge >= 0.3 is 0 Å². The van der Waals surface area contributed by atoms with Gasteiger partial charge in [-0.3, -0.25) is 14.9 Å². The molecule has 2 aromatic carbocycles. The number of hydrogen-bond acceptors (Lipinski definition) is 5. The first-order chi connectivity index (χ1) is 13.2. The lowest BCUT2D eigenvalue weighted by atomic mass is 10.1. The van der Waals surface area contributed by atoms with E-state index >= 15 is 0 Å². The van der Waals surface area contributed by atoms with E-state index in [1.807, 2.05) is 0 Å². The van der Waals surface area contributed by atoms with Gasteiger partial charge in [0.15, 0.2) is 9.84 Å². The Kier molecular flexibility index (Phi) is 5.92. The van der Waals surface area contributed by atoms with Crippen molar-refractivity contribution in [3.63, 3.8) is 0 Å². The number of hydrogen-bond donors (Lipinski definition) is 0. The van der Waals surface area contributed by atoms with Crippen LogP contribution in [0.15, 0.2) is 42.5 Å². The van der Waals surface area contributed by atoms with E-state index in [-0.39, 0.29) is 34.3 Å². The van der Waals surface area contributed by atoms with Crippen LogP contribution in [0.4, 0.5) is 5.69 Å². The third-order valence-electron chi connectivity index (χ3n) is 4.57. The van der Waals surface area contributed by atoms with E-state index in [1.54, 1.807) is 24.3 Å². The van der Waals surface area contributed by atoms with Crippen molar-refractivity contribution >= 4 is 44.6 Å². The summed E-state index contributed by atoms with van der Waals surface area (Å²) in [5, 5.41) is 11.7. The highest BCUT2D eigenvalue weighted by Crippen LogP contribution is 2.28. The SMILES string of the molecule is O=C(c1cc([N+](=O)[O-])ccc1Cl)N(Cc1ccc(Cl)cc1)C1CCS(=O)(=O)C1. The number of nitrogens with zero attached hydrogens (tertiary/aromatic N) is 2. The summed E-state index contributed by atoms with van der Waals surface area (Å²) >= 11 is 12.0. The molecule has 10 heteroatoms. The second-order valence-electron chi connectivity index (χ2n) is 6.54. The van der Waals surface area contributed by atoms with Crippen molar-refractivity contribution in [2.75, 3.05) is 11.5 Å². The van der Waals surface area contributed by atoms with E-state index in [1.165, 1.54) is 17.0 Å². The van der Waals surface area contributed by atoms with Crippen LogP contribution < -0.4 is 0 Å². The van der Waals surface area contributed by atoms with E-state index in [2.05, 4.69) is 0 Å². The van der Waals surface area contributed by atoms with Gasteiger partial charge in [0.1, 0.15) is 0 Å². The fourth-order valence-electron chi connectivity index (χ4n) is 3.12. The lowest BCUT2D eigenvalue weighted by Gasteiger charge is -2.29. The zero-order chi connectivity index (χ0) is 20.5. The van der Waals surface area contributed by atoms with Gasteiger partial charge in [-0.15, -0.1) is 0 Å². The summed E-state index contributed by atoms with van der Waals surface area (Å²) in [6.07, 6.45) is 0.300. The summed E-state index contributed by atoms with van der Waals surface area (Å²) in [5.74, 6) is -0.713. The molecule has 1 heterocycles. The lowest BCUT2D eigenvalue weighted by molar-refractivity contribution is -0.384. The van der Waals surface area contributed by atoms with Crippen molar-refractivity contribution in [3.8, 4) is 0 Å². The third kappa shape index (κ3) is 4.63. The smallest absolute Gasteiger partial charge is 0.270 e. The maximum absolute atomic E-state index is 13.2. The first-order valence-corrected chi connectivity index (χ1v) is 10.9. The zero-order valence-corrected chi connectivity index (χ0v) is 16.9. The molecule has 1 amide bonds. The molecular formula is C18H16Cl2N2O5S. The molecule has 0 bridgehead atoms. The number of rotatable bonds is 5. The topological polar surface area (TPSA) is 97.6 Å². The van der Waals surface area contributed by atoms with E-state index in [4.69, 9.17) is 23.2 Å². The molecule has 0 aromatic heterocycles. The Bertz CT molecular complexity index is 1020. The summed E-state index contributed by atoms with van der Waals surface area (Å²) in [7, 11) is -3.24. The molecule has 1 unspecified atom stereocenters. The average Bonchev–Trinajstić information content (AvgIpc) is 3.00. The molecule has 0 saturated carbocycles. The van der Waals surface area contributed by atoms with E-state index in [0.717, 1.165) is 11.6 Å². The summed E-state index contributed by atoms with van der Waals surface area (Å²) in [5.41, 5.74) is 0.455. The van der Waals surface area contributed by atoms with Gasteiger partial charge in [0.25, 0.3) is 11.6 Å². The fraction of sp³-hybridized carbons (Fsp3) is 0.278.